The molecule has 0 heterocycles. The number of terminal acetylenes is 2. The molecule has 0 aromatic heterocycles. The zero-order valence-electron chi connectivity index (χ0n) is 20.4. The second-order valence-corrected chi connectivity index (χ2v) is 2.71. The van der Waals surface area contributed by atoms with E-state index in [0.29, 0.717) is 0 Å². The van der Waals surface area contributed by atoms with Crippen LogP contribution in [-0.2, 0) is 0 Å². The second kappa shape index (κ2) is 281. The summed E-state index contributed by atoms with van der Waals surface area (Å²) >= 11 is 0. The van der Waals surface area contributed by atoms with Gasteiger partial charge in [0.2, 0.25) is 0 Å². The van der Waals surface area contributed by atoms with Crippen LogP contribution in [0.15, 0.2) is 0 Å². The summed E-state index contributed by atoms with van der Waals surface area (Å²) < 4.78 is 11.5. The van der Waals surface area contributed by atoms with E-state index in [-0.39, 0.29) is 0 Å². The number of hydrogen-bond acceptors (Lipinski definition) is 0. The molecule has 0 radical (unpaired) electrons. The highest BCUT2D eigenvalue weighted by molar-refractivity contribution is 4.47. The van der Waals surface area contributed by atoms with Gasteiger partial charge in [-0.1, -0.05) is 122 Å². The third-order valence-electron chi connectivity index (χ3n) is 1.46. The lowest BCUT2D eigenvalue weighted by Crippen LogP contribution is -1.66. The molecule has 22 heavy (non-hydrogen) atoms. The Morgan fingerprint density at radius 1 is 0.500 bits per heavy atom. The van der Waals surface area contributed by atoms with Crippen molar-refractivity contribution in [2.24, 2.45) is 0 Å². The van der Waals surface area contributed by atoms with Gasteiger partial charge in [0.05, 0.1) is 0 Å². The summed E-state index contributed by atoms with van der Waals surface area (Å²) in [5.41, 5.74) is 0. The molecule has 0 N–H and O–H groups in total. The van der Waals surface area contributed by atoms with Gasteiger partial charge in [-0.3, -0.25) is 0 Å². The number of hydrogen-bond donors (Lipinski definition) is 0. The van der Waals surface area contributed by atoms with Gasteiger partial charge in [0.15, 0.2) is 0 Å². The summed E-state index contributed by atoms with van der Waals surface area (Å²) in [7, 11) is 0. The van der Waals surface area contributed by atoms with Crippen LogP contribution in [0.3, 0.4) is 0 Å². The smallest absolute Gasteiger partial charge is 0.124 e. The van der Waals surface area contributed by atoms with Crippen LogP contribution in [0.25, 0.3) is 0 Å². The Balaban J connectivity index is -0.0000000213. The Hall–Kier alpha value is -0.880. The van der Waals surface area contributed by atoms with E-state index >= 15 is 0 Å². The van der Waals surface area contributed by atoms with Crippen molar-refractivity contribution in [3.8, 4) is 25.6 Å². The molecule has 140 valence electrons. The molecule has 0 atom stereocenters. The van der Waals surface area contributed by atoms with Crippen LogP contribution in [-0.4, -0.2) is 0 Å². The van der Waals surface area contributed by atoms with E-state index in [0.717, 1.165) is 0 Å². The fourth-order valence-corrected chi connectivity index (χ4v) is 0.500. The average Bonchev–Trinajstić information content (AvgIpc) is 2.68. The van der Waals surface area contributed by atoms with Crippen molar-refractivity contribution in [2.75, 3.05) is 0 Å². The lowest BCUT2D eigenvalue weighted by molar-refractivity contribution is 0.702. The van der Waals surface area contributed by atoms with Gasteiger partial charge >= 0.3 is 0 Å². The summed E-state index contributed by atoms with van der Waals surface area (Å²) in [5, 5.41) is 0. The van der Waals surface area contributed by atoms with Gasteiger partial charge in [-0.25, -0.2) is 0 Å². The second-order valence-electron chi connectivity index (χ2n) is 2.71. The van der Waals surface area contributed by atoms with E-state index in [1.54, 1.807) is 0 Å². The quantitative estimate of drug-likeness (QED) is 0.358. The van der Waals surface area contributed by atoms with E-state index in [1.165, 1.54) is 51.3 Å². The summed E-state index contributed by atoms with van der Waals surface area (Å²) in [6.45, 7) is 24.8. The first-order valence-corrected chi connectivity index (χ1v) is 9.41. The maximum atomic E-state index is 5.74. The summed E-state index contributed by atoms with van der Waals surface area (Å²) in [6, 6.07) is 0. The maximum Gasteiger partial charge on any atom is 0.124 e. The third kappa shape index (κ3) is 645. The Morgan fingerprint density at radius 2 is 0.636 bits per heavy atom. The Labute approximate surface area is 150 Å². The van der Waals surface area contributed by atoms with E-state index < -0.39 is 0 Å². The fraction of sp³-hybridized carbons (Fsp3) is 0.818. The topological polar surface area (TPSA) is 0 Å². The van der Waals surface area contributed by atoms with Crippen molar-refractivity contribution in [3.05, 3.63) is 0 Å². The number of unbranched alkanes of at least 4 members (excludes halogenated alkanes) is 4. The van der Waals surface area contributed by atoms with E-state index in [4.69, 9.17) is 2.74 Å². The third-order valence-corrected chi connectivity index (χ3v) is 1.46. The molecule has 0 aliphatic carbocycles. The van der Waals surface area contributed by atoms with Crippen LogP contribution in [0.2, 0.25) is 0 Å². The minimum atomic E-state index is 1.32. The van der Waals surface area contributed by atoms with Gasteiger partial charge < -0.3 is 0 Å². The van der Waals surface area contributed by atoms with Gasteiger partial charge in [-0.15, -0.1) is 25.6 Å². The lowest BCUT2D eigenvalue weighted by atomic mass is 10.2. The monoisotopic (exact) mass is 320 g/mol. The first kappa shape index (κ1) is 37.4. The van der Waals surface area contributed by atoms with Crippen molar-refractivity contribution in [1.29, 1.82) is 0 Å². The molecule has 0 spiro atoms. The predicted octanol–water partition coefficient (Wildman–Crippen LogP) is 9.00. The Kier molecular flexibility index (Phi) is 477. The van der Waals surface area contributed by atoms with Crippen molar-refractivity contribution in [2.45, 2.75) is 122 Å². The average molecular weight is 321 g/mol. The molecule has 0 aromatic carbocycles. The molecule has 0 unspecified atom stereocenters. The van der Waals surface area contributed by atoms with Gasteiger partial charge in [-0.2, -0.15) is 0 Å². The van der Waals surface area contributed by atoms with Gasteiger partial charge in [0, 0.05) is 0 Å². The first-order chi connectivity index (χ1) is 11.7. The van der Waals surface area contributed by atoms with Crippen molar-refractivity contribution in [1.82, 2.24) is 0 Å². The molecule has 0 aliphatic heterocycles. The van der Waals surface area contributed by atoms with Crippen molar-refractivity contribution in [3.63, 3.8) is 0 Å². The molecule has 0 nitrogen and oxygen atoms in total. The molecule has 0 bridgehead atoms. The van der Waals surface area contributed by atoms with Gasteiger partial charge in [0.25, 0.3) is 0 Å². The first-order valence-electron chi connectivity index (χ1n) is 10.4. The zero-order chi connectivity index (χ0) is 21.7. The number of rotatable bonds is 4. The summed E-state index contributed by atoms with van der Waals surface area (Å²) in [6.07, 6.45) is 19.7. The normalized spacial score (nSPS) is 5.73. The van der Waals surface area contributed by atoms with Gasteiger partial charge in [-0.05, 0) is 0 Å². The molecule has 0 rings (SSSR count). The SMILES string of the molecule is CC.CC.CC.CC.CCCC.CCCCCC.[3H]C#C.[3H]C#C. The minimum Gasteiger partial charge on any atom is -0.124 e. The Bertz CT molecular complexity index is 123. The van der Waals surface area contributed by atoms with Crippen LogP contribution in [0, 0.1) is 25.6 Å². The molecule has 0 aromatic rings. The van der Waals surface area contributed by atoms with Crippen LogP contribution >= 0.6 is 0 Å². The molecule has 0 saturated heterocycles. The zero-order valence-corrected chi connectivity index (χ0v) is 18.4. The molecule has 0 aliphatic rings. The molecule has 0 fully saturated rings. The highest BCUT2D eigenvalue weighted by atomic mass is 13.8. The molecule has 0 saturated carbocycles. The lowest BCUT2D eigenvalue weighted by Gasteiger charge is -1.86. The minimum absolute atomic E-state index is 1.32. The Morgan fingerprint density at radius 3 is 0.682 bits per heavy atom. The highest BCUT2D eigenvalue weighted by Gasteiger charge is 1.75. The molecular weight excluding hydrogens is 264 g/mol. The van der Waals surface area contributed by atoms with Gasteiger partial charge in [0.1, 0.15) is 2.74 Å². The maximum absolute atomic E-state index is 5.74. The molecule has 0 heteroatoms. The van der Waals surface area contributed by atoms with Crippen molar-refractivity contribution < 1.29 is 2.74 Å². The predicted molar refractivity (Wildman–Crippen MR) is 116 cm³/mol. The highest BCUT2D eigenvalue weighted by Crippen LogP contribution is 1.95. The van der Waals surface area contributed by atoms with Crippen LogP contribution in [0.1, 0.15) is 124 Å². The van der Waals surface area contributed by atoms with Crippen LogP contribution < -0.4 is 0 Å². The summed E-state index contributed by atoms with van der Waals surface area (Å²) in [4.78, 5) is 0. The van der Waals surface area contributed by atoms with E-state index in [2.05, 4.69) is 40.5 Å². The molecular formula is C22H52. The van der Waals surface area contributed by atoms with E-state index in [1.807, 2.05) is 55.4 Å². The fourth-order valence-electron chi connectivity index (χ4n) is 0.500. The standard InChI is InChI=1S/C6H14.C4H10.4C2H6.2C2H2/c1-3-5-6-4-2;1-3-4-2;6*1-2/h3-6H2,1-2H3;3-4H2,1-2H3;4*1-2H3;2*1-2H/i;;;;;;2*1T. The van der Waals surface area contributed by atoms with Crippen molar-refractivity contribution >= 4 is 0 Å². The molecule has 0 amide bonds. The van der Waals surface area contributed by atoms with Crippen LogP contribution in [0.5, 0.6) is 0 Å². The summed E-state index contributed by atoms with van der Waals surface area (Å²) in [5.74, 6) is 0. The largest absolute Gasteiger partial charge is 0.124 e. The van der Waals surface area contributed by atoms with E-state index in [9.17, 15) is 0 Å². The van der Waals surface area contributed by atoms with Crippen LogP contribution in [0.4, 0.5) is 0 Å².